The van der Waals surface area contributed by atoms with Crippen LogP contribution in [0.5, 0.6) is 0 Å². The second-order valence-electron chi connectivity index (χ2n) is 5.30. The number of likely N-dealkylation sites (N-methyl/N-ethyl adjacent to an activating group) is 1. The van der Waals surface area contributed by atoms with Gasteiger partial charge in [0.25, 0.3) is 0 Å². The summed E-state index contributed by atoms with van der Waals surface area (Å²) in [4.78, 5) is 26.4. The van der Waals surface area contributed by atoms with E-state index in [0.29, 0.717) is 19.6 Å². The molecule has 18 heavy (non-hydrogen) atoms. The molecule has 0 radical (unpaired) electrons. The summed E-state index contributed by atoms with van der Waals surface area (Å²) in [6.45, 7) is 11.9. The molecule has 0 bridgehead atoms. The van der Waals surface area contributed by atoms with Crippen molar-refractivity contribution in [1.82, 2.24) is 9.80 Å². The van der Waals surface area contributed by atoms with Crippen molar-refractivity contribution in [3.8, 4) is 0 Å². The van der Waals surface area contributed by atoms with Gasteiger partial charge in [-0.2, -0.15) is 0 Å². The molecule has 0 saturated heterocycles. The maximum absolute atomic E-state index is 12.0. The van der Waals surface area contributed by atoms with Crippen LogP contribution in [0.4, 0.5) is 0 Å². The van der Waals surface area contributed by atoms with E-state index < -0.39 is 5.97 Å². The quantitative estimate of drug-likeness (QED) is 0.750. The highest BCUT2D eigenvalue weighted by Gasteiger charge is 2.25. The first kappa shape index (κ1) is 16.9. The Labute approximate surface area is 110 Å². The van der Waals surface area contributed by atoms with Crippen LogP contribution in [0.2, 0.25) is 0 Å². The molecule has 0 saturated carbocycles. The minimum atomic E-state index is -0.834. The first-order chi connectivity index (χ1) is 8.22. The van der Waals surface area contributed by atoms with E-state index in [2.05, 4.69) is 0 Å². The van der Waals surface area contributed by atoms with Gasteiger partial charge in [-0.25, -0.2) is 0 Å². The lowest BCUT2D eigenvalue weighted by atomic mass is 10.1. The van der Waals surface area contributed by atoms with Gasteiger partial charge in [-0.15, -0.1) is 0 Å². The van der Waals surface area contributed by atoms with E-state index in [1.807, 2.05) is 39.5 Å². The first-order valence-corrected chi connectivity index (χ1v) is 6.47. The molecule has 0 heterocycles. The van der Waals surface area contributed by atoms with Gasteiger partial charge in [0.2, 0.25) is 5.91 Å². The molecule has 0 aliphatic carbocycles. The Morgan fingerprint density at radius 2 is 1.61 bits per heavy atom. The number of hydrogen-bond donors (Lipinski definition) is 1. The van der Waals surface area contributed by atoms with Crippen LogP contribution in [0.25, 0.3) is 0 Å². The lowest BCUT2D eigenvalue weighted by molar-refractivity contribution is -0.139. The lowest BCUT2D eigenvalue weighted by Crippen LogP contribution is -2.49. The van der Waals surface area contributed by atoms with Gasteiger partial charge in [-0.3, -0.25) is 14.5 Å². The average Bonchev–Trinajstić information content (AvgIpc) is 2.23. The largest absolute Gasteiger partial charge is 0.481 e. The molecular formula is C13H26N2O3. The zero-order valence-electron chi connectivity index (χ0n) is 12.2. The Morgan fingerprint density at radius 1 is 1.11 bits per heavy atom. The van der Waals surface area contributed by atoms with E-state index in [4.69, 9.17) is 5.11 Å². The number of carbonyl (C=O) groups is 2. The molecule has 0 aliphatic heterocycles. The standard InChI is InChI=1S/C13H26N2O3/c1-6-14(7-2)11(16)10-15(13(3,4)5)9-8-12(17)18/h6-10H2,1-5H3,(H,17,18). The molecule has 1 amide bonds. The second-order valence-corrected chi connectivity index (χ2v) is 5.30. The Bertz CT molecular complexity index is 280. The molecule has 1 N–H and O–H groups in total. The van der Waals surface area contributed by atoms with Crippen molar-refractivity contribution in [1.29, 1.82) is 0 Å². The summed E-state index contributed by atoms with van der Waals surface area (Å²) in [6, 6.07) is 0. The monoisotopic (exact) mass is 258 g/mol. The number of carboxylic acid groups (broad SMARTS) is 1. The van der Waals surface area contributed by atoms with Crippen LogP contribution in [-0.4, -0.2) is 58.5 Å². The maximum atomic E-state index is 12.0. The summed E-state index contributed by atoms with van der Waals surface area (Å²) in [5, 5.41) is 8.74. The Hall–Kier alpha value is -1.10. The first-order valence-electron chi connectivity index (χ1n) is 6.47. The number of rotatable bonds is 7. The normalized spacial score (nSPS) is 11.7. The summed E-state index contributed by atoms with van der Waals surface area (Å²) in [5.74, 6) is -0.778. The maximum Gasteiger partial charge on any atom is 0.304 e. The molecule has 0 atom stereocenters. The molecule has 5 heteroatoms. The van der Waals surface area contributed by atoms with Crippen LogP contribution in [0.3, 0.4) is 0 Å². The van der Waals surface area contributed by atoms with Crippen LogP contribution >= 0.6 is 0 Å². The van der Waals surface area contributed by atoms with E-state index in [0.717, 1.165) is 0 Å². The van der Waals surface area contributed by atoms with Gasteiger partial charge in [0, 0.05) is 25.2 Å². The van der Waals surface area contributed by atoms with Crippen molar-refractivity contribution in [2.75, 3.05) is 26.2 Å². The van der Waals surface area contributed by atoms with Gasteiger partial charge in [0.05, 0.1) is 13.0 Å². The SMILES string of the molecule is CCN(CC)C(=O)CN(CCC(=O)O)C(C)(C)C. The number of nitrogens with zero attached hydrogens (tertiary/aromatic N) is 2. The highest BCUT2D eigenvalue weighted by Crippen LogP contribution is 2.14. The van der Waals surface area contributed by atoms with Gasteiger partial charge in [0.15, 0.2) is 0 Å². The zero-order chi connectivity index (χ0) is 14.3. The van der Waals surface area contributed by atoms with Crippen LogP contribution in [0.1, 0.15) is 41.0 Å². The third-order valence-electron chi connectivity index (χ3n) is 2.99. The number of carbonyl (C=O) groups excluding carboxylic acids is 1. The summed E-state index contributed by atoms with van der Waals surface area (Å²) >= 11 is 0. The number of aliphatic carboxylic acids is 1. The summed E-state index contributed by atoms with van der Waals surface area (Å²) in [5.41, 5.74) is -0.210. The van der Waals surface area contributed by atoms with Gasteiger partial charge >= 0.3 is 5.97 Å². The molecular weight excluding hydrogens is 232 g/mol. The fourth-order valence-electron chi connectivity index (χ4n) is 1.72. The lowest BCUT2D eigenvalue weighted by Gasteiger charge is -2.36. The molecule has 0 aromatic rings. The highest BCUT2D eigenvalue weighted by molar-refractivity contribution is 5.78. The van der Waals surface area contributed by atoms with Crippen molar-refractivity contribution < 1.29 is 14.7 Å². The summed E-state index contributed by atoms with van der Waals surface area (Å²) in [7, 11) is 0. The predicted octanol–water partition coefficient (Wildman–Crippen LogP) is 1.43. The Balaban J connectivity index is 4.59. The molecule has 5 nitrogen and oxygen atoms in total. The van der Waals surface area contributed by atoms with Gasteiger partial charge in [-0.05, 0) is 34.6 Å². The Morgan fingerprint density at radius 3 is 1.94 bits per heavy atom. The molecule has 0 aliphatic rings. The fraction of sp³-hybridized carbons (Fsp3) is 0.846. The van der Waals surface area contributed by atoms with E-state index in [1.54, 1.807) is 4.90 Å². The van der Waals surface area contributed by atoms with Crippen molar-refractivity contribution in [2.45, 2.75) is 46.6 Å². The van der Waals surface area contributed by atoms with Gasteiger partial charge in [0.1, 0.15) is 0 Å². The van der Waals surface area contributed by atoms with E-state index in [1.165, 1.54) is 0 Å². The van der Waals surface area contributed by atoms with Crippen LogP contribution in [-0.2, 0) is 9.59 Å². The third-order valence-corrected chi connectivity index (χ3v) is 2.99. The average molecular weight is 258 g/mol. The second kappa shape index (κ2) is 7.36. The smallest absolute Gasteiger partial charge is 0.304 e. The fourth-order valence-corrected chi connectivity index (χ4v) is 1.72. The number of carboxylic acids is 1. The highest BCUT2D eigenvalue weighted by atomic mass is 16.4. The topological polar surface area (TPSA) is 60.9 Å². The number of hydrogen-bond acceptors (Lipinski definition) is 3. The summed E-state index contributed by atoms with van der Waals surface area (Å²) < 4.78 is 0. The Kier molecular flexibility index (Phi) is 6.91. The summed E-state index contributed by atoms with van der Waals surface area (Å²) in [6.07, 6.45) is 0.0583. The predicted molar refractivity (Wildman–Crippen MR) is 71.5 cm³/mol. The third kappa shape index (κ3) is 6.00. The van der Waals surface area contributed by atoms with Gasteiger partial charge in [-0.1, -0.05) is 0 Å². The molecule has 0 rings (SSSR count). The van der Waals surface area contributed by atoms with E-state index >= 15 is 0 Å². The van der Waals surface area contributed by atoms with Crippen molar-refractivity contribution in [2.24, 2.45) is 0 Å². The van der Waals surface area contributed by atoms with Crippen LogP contribution < -0.4 is 0 Å². The minimum Gasteiger partial charge on any atom is -0.481 e. The van der Waals surface area contributed by atoms with Crippen molar-refractivity contribution in [3.63, 3.8) is 0 Å². The van der Waals surface area contributed by atoms with Crippen LogP contribution in [0, 0.1) is 0 Å². The van der Waals surface area contributed by atoms with Crippen molar-refractivity contribution >= 4 is 11.9 Å². The molecule has 0 fully saturated rings. The number of amides is 1. The minimum absolute atomic E-state index is 0.0558. The van der Waals surface area contributed by atoms with E-state index in [9.17, 15) is 9.59 Å². The molecule has 0 aromatic carbocycles. The van der Waals surface area contributed by atoms with Crippen molar-refractivity contribution in [3.05, 3.63) is 0 Å². The van der Waals surface area contributed by atoms with Gasteiger partial charge < -0.3 is 10.0 Å². The molecule has 106 valence electrons. The van der Waals surface area contributed by atoms with Crippen LogP contribution in [0.15, 0.2) is 0 Å². The molecule has 0 aromatic heterocycles. The molecule has 0 spiro atoms. The molecule has 0 unspecified atom stereocenters. The van der Waals surface area contributed by atoms with E-state index in [-0.39, 0.29) is 24.4 Å². The zero-order valence-corrected chi connectivity index (χ0v) is 12.2.